The number of H-pyrrole nitrogens is 1. The van der Waals surface area contributed by atoms with E-state index in [0.717, 1.165) is 17.3 Å². The van der Waals surface area contributed by atoms with Crippen molar-refractivity contribution >= 4 is 22.7 Å². The van der Waals surface area contributed by atoms with E-state index in [4.69, 9.17) is 4.74 Å². The normalized spacial score (nSPS) is 14.4. The van der Waals surface area contributed by atoms with E-state index in [1.807, 2.05) is 49.1 Å². The van der Waals surface area contributed by atoms with E-state index in [2.05, 4.69) is 22.4 Å². The fourth-order valence-corrected chi connectivity index (χ4v) is 3.95. The predicted molar refractivity (Wildman–Crippen MR) is 116 cm³/mol. The number of rotatable bonds is 6. The number of ether oxygens (including phenoxy) is 1. The Balaban J connectivity index is 1.42. The molecule has 30 heavy (non-hydrogen) atoms. The van der Waals surface area contributed by atoms with Crippen molar-refractivity contribution < 1.29 is 14.3 Å². The third kappa shape index (κ3) is 4.17. The number of benzene rings is 2. The van der Waals surface area contributed by atoms with E-state index in [1.165, 1.54) is 11.3 Å². The lowest BCUT2D eigenvalue weighted by atomic mass is 9.99. The molecule has 1 aromatic heterocycles. The standard InChI is InChI=1S/C24H27N3O3/c1-16(2)23(26-22(28)15-30-17-8-4-3-5-9-17)24(29)27-13-12-21-19(14-27)18-10-6-7-11-20(18)25-21/h3-11,16,23,25H,12-15H2,1-2H3,(H,26,28)/t23-/m0/s1. The highest BCUT2D eigenvalue weighted by Gasteiger charge is 2.31. The molecule has 2 aromatic carbocycles. The largest absolute Gasteiger partial charge is 0.484 e. The quantitative estimate of drug-likeness (QED) is 0.661. The molecule has 3 aromatic rings. The van der Waals surface area contributed by atoms with Crippen LogP contribution in [-0.4, -0.2) is 40.9 Å². The Labute approximate surface area is 176 Å². The van der Waals surface area contributed by atoms with Crippen LogP contribution in [0.2, 0.25) is 0 Å². The van der Waals surface area contributed by atoms with Gasteiger partial charge in [-0.3, -0.25) is 9.59 Å². The van der Waals surface area contributed by atoms with Gasteiger partial charge in [-0.25, -0.2) is 0 Å². The number of aromatic nitrogens is 1. The maximum absolute atomic E-state index is 13.3. The molecule has 1 aliphatic rings. The smallest absolute Gasteiger partial charge is 0.258 e. The van der Waals surface area contributed by atoms with Gasteiger partial charge in [0, 0.05) is 41.7 Å². The first-order valence-electron chi connectivity index (χ1n) is 10.4. The van der Waals surface area contributed by atoms with Gasteiger partial charge in [0.2, 0.25) is 5.91 Å². The summed E-state index contributed by atoms with van der Waals surface area (Å²) in [6, 6.07) is 16.8. The third-order valence-electron chi connectivity index (χ3n) is 5.56. The molecule has 0 unspecified atom stereocenters. The number of nitrogens with one attached hydrogen (secondary N) is 2. The summed E-state index contributed by atoms with van der Waals surface area (Å²) in [4.78, 5) is 31.0. The van der Waals surface area contributed by atoms with Crippen LogP contribution >= 0.6 is 0 Å². The van der Waals surface area contributed by atoms with Gasteiger partial charge >= 0.3 is 0 Å². The second-order valence-corrected chi connectivity index (χ2v) is 8.03. The number of aromatic amines is 1. The van der Waals surface area contributed by atoms with Crippen LogP contribution in [-0.2, 0) is 22.6 Å². The molecular formula is C24H27N3O3. The molecule has 0 radical (unpaired) electrons. The van der Waals surface area contributed by atoms with E-state index in [9.17, 15) is 9.59 Å². The third-order valence-corrected chi connectivity index (χ3v) is 5.56. The summed E-state index contributed by atoms with van der Waals surface area (Å²) in [5, 5.41) is 4.03. The van der Waals surface area contributed by atoms with Crippen molar-refractivity contribution in [2.24, 2.45) is 5.92 Å². The van der Waals surface area contributed by atoms with Gasteiger partial charge in [-0.1, -0.05) is 50.2 Å². The zero-order valence-corrected chi connectivity index (χ0v) is 17.4. The Morgan fingerprint density at radius 1 is 1.10 bits per heavy atom. The fraction of sp³-hybridized carbons (Fsp3) is 0.333. The molecule has 6 heteroatoms. The number of hydrogen-bond acceptors (Lipinski definition) is 3. The minimum atomic E-state index is -0.580. The SMILES string of the molecule is CC(C)[C@H](NC(=O)COc1ccccc1)C(=O)N1CCc2[nH]c3ccccc3c2C1. The first kappa shape index (κ1) is 20.0. The Kier molecular flexibility index (Phi) is 5.74. The lowest BCUT2D eigenvalue weighted by molar-refractivity contribution is -0.138. The monoisotopic (exact) mass is 405 g/mol. The van der Waals surface area contributed by atoms with Crippen molar-refractivity contribution in [3.05, 3.63) is 65.9 Å². The fourth-order valence-electron chi connectivity index (χ4n) is 3.95. The summed E-state index contributed by atoms with van der Waals surface area (Å²) in [5.74, 6) is 0.259. The molecule has 0 saturated carbocycles. The molecule has 1 atom stereocenters. The molecule has 1 aliphatic heterocycles. The molecule has 4 rings (SSSR count). The van der Waals surface area contributed by atoms with Crippen LogP contribution in [0.4, 0.5) is 0 Å². The molecule has 0 fully saturated rings. The van der Waals surface area contributed by atoms with Crippen molar-refractivity contribution in [3.8, 4) is 5.75 Å². The average molecular weight is 405 g/mol. The Morgan fingerprint density at radius 3 is 2.60 bits per heavy atom. The highest BCUT2D eigenvalue weighted by atomic mass is 16.5. The van der Waals surface area contributed by atoms with Crippen molar-refractivity contribution in [2.45, 2.75) is 32.9 Å². The second kappa shape index (κ2) is 8.61. The van der Waals surface area contributed by atoms with Crippen molar-refractivity contribution in [3.63, 3.8) is 0 Å². The molecule has 2 amide bonds. The van der Waals surface area contributed by atoms with Gasteiger partial charge in [-0.2, -0.15) is 0 Å². The molecule has 0 bridgehead atoms. The first-order valence-corrected chi connectivity index (χ1v) is 10.4. The van der Waals surface area contributed by atoms with Gasteiger partial charge in [0.1, 0.15) is 11.8 Å². The van der Waals surface area contributed by atoms with E-state index in [0.29, 0.717) is 18.8 Å². The van der Waals surface area contributed by atoms with Gasteiger partial charge in [0.25, 0.3) is 5.91 Å². The van der Waals surface area contributed by atoms with E-state index < -0.39 is 6.04 Å². The summed E-state index contributed by atoms with van der Waals surface area (Å²) in [6.45, 7) is 4.97. The number of fused-ring (bicyclic) bond motifs is 3. The van der Waals surface area contributed by atoms with E-state index in [-0.39, 0.29) is 24.3 Å². The topological polar surface area (TPSA) is 74.4 Å². The van der Waals surface area contributed by atoms with Crippen molar-refractivity contribution in [2.75, 3.05) is 13.2 Å². The second-order valence-electron chi connectivity index (χ2n) is 8.03. The van der Waals surface area contributed by atoms with Crippen molar-refractivity contribution in [1.82, 2.24) is 15.2 Å². The predicted octanol–water partition coefficient (Wildman–Crippen LogP) is 3.27. The number of carbonyl (C=O) groups is 2. The Hall–Kier alpha value is -3.28. The minimum absolute atomic E-state index is 0.0254. The number of amides is 2. The van der Waals surface area contributed by atoms with Crippen LogP contribution in [0, 0.1) is 5.92 Å². The molecular weight excluding hydrogens is 378 g/mol. The van der Waals surface area contributed by atoms with Crippen molar-refractivity contribution in [1.29, 1.82) is 0 Å². The highest BCUT2D eigenvalue weighted by Crippen LogP contribution is 2.28. The van der Waals surface area contributed by atoms with E-state index in [1.54, 1.807) is 12.1 Å². The summed E-state index contributed by atoms with van der Waals surface area (Å²) in [7, 11) is 0. The van der Waals surface area contributed by atoms with Crippen LogP contribution in [0.3, 0.4) is 0 Å². The number of para-hydroxylation sites is 2. The van der Waals surface area contributed by atoms with Crippen LogP contribution in [0.15, 0.2) is 54.6 Å². The molecule has 6 nitrogen and oxygen atoms in total. The van der Waals surface area contributed by atoms with E-state index >= 15 is 0 Å². The summed E-state index contributed by atoms with van der Waals surface area (Å²) < 4.78 is 5.52. The van der Waals surface area contributed by atoms with Gasteiger partial charge in [0.05, 0.1) is 0 Å². The lowest BCUT2D eigenvalue weighted by Crippen LogP contribution is -2.53. The first-order chi connectivity index (χ1) is 14.5. The average Bonchev–Trinajstić information content (AvgIpc) is 3.14. The molecule has 0 saturated heterocycles. The minimum Gasteiger partial charge on any atom is -0.484 e. The van der Waals surface area contributed by atoms with Crippen LogP contribution in [0.1, 0.15) is 25.1 Å². The van der Waals surface area contributed by atoms with Gasteiger partial charge < -0.3 is 19.9 Å². The van der Waals surface area contributed by atoms with Crippen LogP contribution in [0.25, 0.3) is 10.9 Å². The maximum atomic E-state index is 13.3. The number of carbonyl (C=O) groups excluding carboxylic acids is 2. The lowest BCUT2D eigenvalue weighted by Gasteiger charge is -2.32. The molecule has 2 N–H and O–H groups in total. The zero-order chi connectivity index (χ0) is 21.1. The molecule has 0 spiro atoms. The van der Waals surface area contributed by atoms with Gasteiger partial charge in [0.15, 0.2) is 6.61 Å². The van der Waals surface area contributed by atoms with Gasteiger partial charge in [-0.15, -0.1) is 0 Å². The Morgan fingerprint density at radius 2 is 1.83 bits per heavy atom. The number of nitrogens with zero attached hydrogens (tertiary/aromatic N) is 1. The van der Waals surface area contributed by atoms with Crippen LogP contribution in [0.5, 0.6) is 5.75 Å². The molecule has 2 heterocycles. The summed E-state index contributed by atoms with van der Waals surface area (Å²) in [5.41, 5.74) is 3.47. The summed E-state index contributed by atoms with van der Waals surface area (Å²) in [6.07, 6.45) is 0.783. The number of hydrogen-bond donors (Lipinski definition) is 2. The van der Waals surface area contributed by atoms with Gasteiger partial charge in [-0.05, 0) is 24.1 Å². The van der Waals surface area contributed by atoms with Crippen LogP contribution < -0.4 is 10.1 Å². The molecule has 0 aliphatic carbocycles. The summed E-state index contributed by atoms with van der Waals surface area (Å²) >= 11 is 0. The maximum Gasteiger partial charge on any atom is 0.258 e. The Bertz CT molecular complexity index is 1040. The highest BCUT2D eigenvalue weighted by molar-refractivity contribution is 5.90. The molecule has 156 valence electrons. The zero-order valence-electron chi connectivity index (χ0n) is 17.4.